The summed E-state index contributed by atoms with van der Waals surface area (Å²) in [5.41, 5.74) is 2.40. The van der Waals surface area contributed by atoms with Crippen molar-refractivity contribution in [2.75, 3.05) is 13.2 Å². The van der Waals surface area contributed by atoms with Gasteiger partial charge in [-0.3, -0.25) is 9.59 Å². The van der Waals surface area contributed by atoms with Crippen LogP contribution in [0.3, 0.4) is 0 Å². The lowest BCUT2D eigenvalue weighted by molar-refractivity contribution is -0.210. The Morgan fingerprint density at radius 1 is 1.30 bits per heavy atom. The van der Waals surface area contributed by atoms with E-state index in [1.54, 1.807) is 19.9 Å². The van der Waals surface area contributed by atoms with Crippen molar-refractivity contribution in [3.63, 3.8) is 0 Å². The van der Waals surface area contributed by atoms with E-state index in [0.717, 1.165) is 5.56 Å². The normalized spacial score (nSPS) is 15.2. The van der Waals surface area contributed by atoms with Crippen LogP contribution in [0.2, 0.25) is 5.02 Å². The maximum absolute atomic E-state index is 13.0. The molecule has 1 aromatic carbocycles. The number of aliphatic hydroxyl groups is 1. The van der Waals surface area contributed by atoms with Crippen LogP contribution >= 0.6 is 11.6 Å². The zero-order valence-electron chi connectivity index (χ0n) is 16.3. The number of halogens is 4. The van der Waals surface area contributed by atoms with Crippen molar-refractivity contribution >= 4 is 17.5 Å². The minimum absolute atomic E-state index is 0.0773. The van der Waals surface area contributed by atoms with Gasteiger partial charge in [-0.2, -0.15) is 13.2 Å². The SMILES string of the molecule is Cc1cc(C)c(CN2CCc3ccc(OCC(O)C(F)(F)F)c(Cl)c3C2=O)c(=O)[nH]1. The molecule has 2 aromatic rings. The van der Waals surface area contributed by atoms with E-state index in [1.807, 2.05) is 6.07 Å². The van der Waals surface area contributed by atoms with Gasteiger partial charge >= 0.3 is 6.18 Å². The Labute approximate surface area is 175 Å². The Balaban J connectivity index is 1.84. The van der Waals surface area contributed by atoms with Crippen molar-refractivity contribution in [3.05, 3.63) is 61.5 Å². The van der Waals surface area contributed by atoms with Crippen molar-refractivity contribution in [1.82, 2.24) is 9.88 Å². The molecule has 0 aliphatic carbocycles. The van der Waals surface area contributed by atoms with Gasteiger partial charge in [0.15, 0.2) is 6.10 Å². The molecule has 1 unspecified atom stereocenters. The lowest BCUT2D eigenvalue weighted by Crippen LogP contribution is -2.39. The number of benzene rings is 1. The smallest absolute Gasteiger partial charge is 0.417 e. The second kappa shape index (κ2) is 8.31. The molecule has 162 valence electrons. The van der Waals surface area contributed by atoms with Crippen LogP contribution < -0.4 is 10.3 Å². The Morgan fingerprint density at radius 2 is 2.00 bits per heavy atom. The largest absolute Gasteiger partial charge is 0.489 e. The summed E-state index contributed by atoms with van der Waals surface area (Å²) in [7, 11) is 0. The Hall–Kier alpha value is -2.52. The summed E-state index contributed by atoms with van der Waals surface area (Å²) in [5.74, 6) is -0.569. The first-order valence-corrected chi connectivity index (χ1v) is 9.54. The molecule has 1 aliphatic heterocycles. The number of carbonyl (C=O) groups is 1. The highest BCUT2D eigenvalue weighted by Gasteiger charge is 2.39. The van der Waals surface area contributed by atoms with Gasteiger partial charge in [-0.1, -0.05) is 17.7 Å². The van der Waals surface area contributed by atoms with Gasteiger partial charge in [0, 0.05) is 17.8 Å². The summed E-state index contributed by atoms with van der Waals surface area (Å²) in [5, 5.41) is 8.99. The fourth-order valence-electron chi connectivity index (χ4n) is 3.35. The minimum atomic E-state index is -4.83. The highest BCUT2D eigenvalue weighted by Crippen LogP contribution is 2.35. The Kier molecular flexibility index (Phi) is 6.14. The number of carbonyl (C=O) groups excluding carboxylic acids is 1. The van der Waals surface area contributed by atoms with Crippen LogP contribution in [0, 0.1) is 13.8 Å². The van der Waals surface area contributed by atoms with Crippen molar-refractivity contribution in [2.24, 2.45) is 0 Å². The number of aliphatic hydroxyl groups excluding tert-OH is 1. The molecule has 2 heterocycles. The third-order valence-electron chi connectivity index (χ3n) is 4.96. The van der Waals surface area contributed by atoms with Crippen LogP contribution in [0.5, 0.6) is 5.75 Å². The first kappa shape index (κ1) is 22.2. The molecule has 0 radical (unpaired) electrons. The number of alkyl halides is 3. The summed E-state index contributed by atoms with van der Waals surface area (Å²) in [4.78, 5) is 29.5. The molecule has 30 heavy (non-hydrogen) atoms. The quantitative estimate of drug-likeness (QED) is 0.742. The monoisotopic (exact) mass is 444 g/mol. The number of hydrogen-bond donors (Lipinski definition) is 2. The van der Waals surface area contributed by atoms with E-state index in [9.17, 15) is 22.8 Å². The molecule has 0 bridgehead atoms. The van der Waals surface area contributed by atoms with Crippen molar-refractivity contribution in [3.8, 4) is 5.75 Å². The molecule has 0 spiro atoms. The first-order valence-electron chi connectivity index (χ1n) is 9.16. The predicted octanol–water partition coefficient (Wildman–Crippen LogP) is 3.15. The lowest BCUT2D eigenvalue weighted by atomic mass is 9.97. The molecule has 1 atom stereocenters. The number of aromatic nitrogens is 1. The van der Waals surface area contributed by atoms with Crippen LogP contribution in [0.25, 0.3) is 0 Å². The Morgan fingerprint density at radius 3 is 2.63 bits per heavy atom. The van der Waals surface area contributed by atoms with Crippen LogP contribution in [-0.4, -0.2) is 46.3 Å². The van der Waals surface area contributed by atoms with E-state index < -0.39 is 24.8 Å². The van der Waals surface area contributed by atoms with E-state index in [0.29, 0.717) is 29.8 Å². The minimum Gasteiger partial charge on any atom is -0.489 e. The summed E-state index contributed by atoms with van der Waals surface area (Å²) >= 11 is 6.27. The number of nitrogens with one attached hydrogen (secondary N) is 1. The van der Waals surface area contributed by atoms with Gasteiger partial charge in [-0.15, -0.1) is 0 Å². The molecule has 1 aromatic heterocycles. The molecule has 2 N–H and O–H groups in total. The van der Waals surface area contributed by atoms with E-state index >= 15 is 0 Å². The summed E-state index contributed by atoms with van der Waals surface area (Å²) in [6, 6.07) is 4.75. The fourth-order valence-corrected chi connectivity index (χ4v) is 3.67. The van der Waals surface area contributed by atoms with Crippen LogP contribution in [0.4, 0.5) is 13.2 Å². The van der Waals surface area contributed by atoms with E-state index in [1.165, 1.54) is 11.0 Å². The number of pyridine rings is 1. The second-order valence-electron chi connectivity index (χ2n) is 7.20. The molecule has 10 heteroatoms. The zero-order valence-corrected chi connectivity index (χ0v) is 17.0. The lowest BCUT2D eigenvalue weighted by Gasteiger charge is -2.30. The molecule has 3 rings (SSSR count). The van der Waals surface area contributed by atoms with Crippen LogP contribution in [-0.2, 0) is 13.0 Å². The third-order valence-corrected chi connectivity index (χ3v) is 5.34. The summed E-state index contributed by atoms with van der Waals surface area (Å²) in [6.45, 7) is 2.94. The maximum atomic E-state index is 13.0. The number of rotatable bonds is 5. The maximum Gasteiger partial charge on any atom is 0.417 e. The van der Waals surface area contributed by atoms with E-state index in [-0.39, 0.29) is 28.4 Å². The van der Waals surface area contributed by atoms with Gasteiger partial charge < -0.3 is 19.7 Å². The first-order chi connectivity index (χ1) is 14.0. The van der Waals surface area contributed by atoms with E-state index in [4.69, 9.17) is 21.4 Å². The average Bonchev–Trinajstić information content (AvgIpc) is 2.64. The van der Waals surface area contributed by atoms with Crippen molar-refractivity contribution in [2.45, 2.75) is 39.1 Å². The molecule has 1 amide bonds. The molecular weight excluding hydrogens is 425 g/mol. The Bertz CT molecular complexity index is 1040. The zero-order chi connectivity index (χ0) is 22.2. The standard InChI is InChI=1S/C20H20ClF3N2O4/c1-10-7-11(2)25-18(28)13(10)8-26-6-5-12-3-4-14(17(21)16(12)19(26)29)30-9-15(27)20(22,23)24/h3-4,7,15,27H,5-6,8-9H2,1-2H3,(H,25,28). The molecule has 0 saturated heterocycles. The number of amides is 1. The summed E-state index contributed by atoms with van der Waals surface area (Å²) in [6.07, 6.45) is -7.03. The number of fused-ring (bicyclic) bond motifs is 1. The van der Waals surface area contributed by atoms with Gasteiger partial charge in [0.25, 0.3) is 11.5 Å². The highest BCUT2D eigenvalue weighted by atomic mass is 35.5. The van der Waals surface area contributed by atoms with E-state index in [2.05, 4.69) is 4.98 Å². The number of nitrogens with zero attached hydrogens (tertiary/aromatic N) is 1. The fraction of sp³-hybridized carbons (Fsp3) is 0.400. The predicted molar refractivity (Wildman–Crippen MR) is 104 cm³/mol. The number of aryl methyl sites for hydroxylation is 2. The molecule has 0 saturated carbocycles. The molecule has 6 nitrogen and oxygen atoms in total. The molecular formula is C20H20ClF3N2O4. The van der Waals surface area contributed by atoms with Gasteiger partial charge in [-0.05, 0) is 43.5 Å². The summed E-state index contributed by atoms with van der Waals surface area (Å²) < 4.78 is 42.5. The number of H-pyrrole nitrogens is 1. The van der Waals surface area contributed by atoms with Crippen molar-refractivity contribution in [1.29, 1.82) is 0 Å². The van der Waals surface area contributed by atoms with Gasteiger partial charge in [0.2, 0.25) is 0 Å². The number of aromatic amines is 1. The van der Waals surface area contributed by atoms with Crippen LogP contribution in [0.1, 0.15) is 32.7 Å². The average molecular weight is 445 g/mol. The third kappa shape index (κ3) is 4.46. The van der Waals surface area contributed by atoms with Crippen molar-refractivity contribution < 1.29 is 27.8 Å². The van der Waals surface area contributed by atoms with Gasteiger partial charge in [0.1, 0.15) is 12.4 Å². The van der Waals surface area contributed by atoms with Gasteiger partial charge in [-0.25, -0.2) is 0 Å². The van der Waals surface area contributed by atoms with Gasteiger partial charge in [0.05, 0.1) is 17.1 Å². The topological polar surface area (TPSA) is 82.6 Å². The molecule has 0 fully saturated rings. The molecule has 1 aliphatic rings. The number of hydrogen-bond acceptors (Lipinski definition) is 4. The highest BCUT2D eigenvalue weighted by molar-refractivity contribution is 6.35. The second-order valence-corrected chi connectivity index (χ2v) is 7.58. The number of ether oxygens (including phenoxy) is 1. The van der Waals surface area contributed by atoms with Crippen LogP contribution in [0.15, 0.2) is 23.0 Å².